The number of halogens is 1. The van der Waals surface area contributed by atoms with Crippen molar-refractivity contribution in [3.63, 3.8) is 0 Å². The summed E-state index contributed by atoms with van der Waals surface area (Å²) in [4.78, 5) is 19.7. The second-order valence-corrected chi connectivity index (χ2v) is 7.56. The number of rotatable bonds is 3. The van der Waals surface area contributed by atoms with Crippen LogP contribution >= 0.6 is 12.4 Å². The molecule has 2 aliphatic heterocycles. The highest BCUT2D eigenvalue weighted by molar-refractivity contribution is 5.85. The van der Waals surface area contributed by atoms with Crippen LogP contribution in [0.3, 0.4) is 0 Å². The van der Waals surface area contributed by atoms with Crippen LogP contribution in [0.15, 0.2) is 24.3 Å². The number of anilines is 1. The van der Waals surface area contributed by atoms with Gasteiger partial charge in [0.25, 0.3) is 0 Å². The van der Waals surface area contributed by atoms with Crippen LogP contribution in [0.5, 0.6) is 0 Å². The molecule has 2 atom stereocenters. The first-order valence-corrected chi connectivity index (χ1v) is 9.29. The summed E-state index contributed by atoms with van der Waals surface area (Å²) in [5.74, 6) is 0.403. The summed E-state index contributed by atoms with van der Waals surface area (Å²) in [7, 11) is 0. The van der Waals surface area contributed by atoms with Crippen LogP contribution in [-0.4, -0.2) is 60.5 Å². The number of benzene rings is 1. The van der Waals surface area contributed by atoms with Crippen LogP contribution in [0.2, 0.25) is 0 Å². The molecule has 0 radical (unpaired) electrons. The van der Waals surface area contributed by atoms with Crippen LogP contribution in [0.4, 0.5) is 5.69 Å². The topological polar surface area (TPSA) is 50.6 Å². The van der Waals surface area contributed by atoms with Gasteiger partial charge in [-0.15, -0.1) is 12.4 Å². The Morgan fingerprint density at radius 3 is 2.42 bits per heavy atom. The Labute approximate surface area is 163 Å². The summed E-state index contributed by atoms with van der Waals surface area (Å²) >= 11 is 0. The van der Waals surface area contributed by atoms with Crippen molar-refractivity contribution in [1.29, 1.82) is 5.26 Å². The van der Waals surface area contributed by atoms with Gasteiger partial charge < -0.3 is 9.80 Å². The first kappa shape index (κ1) is 20.5. The summed E-state index contributed by atoms with van der Waals surface area (Å²) in [5, 5.41) is 8.91. The molecule has 142 valence electrons. The largest absolute Gasteiger partial charge is 0.371 e. The van der Waals surface area contributed by atoms with Gasteiger partial charge in [0.15, 0.2) is 0 Å². The molecule has 6 heteroatoms. The van der Waals surface area contributed by atoms with Gasteiger partial charge in [-0.05, 0) is 51.5 Å². The molecule has 0 bridgehead atoms. The third-order valence-electron chi connectivity index (χ3n) is 5.55. The lowest BCUT2D eigenvalue weighted by atomic mass is 10.0. The lowest BCUT2D eigenvalue weighted by Crippen LogP contribution is -2.56. The summed E-state index contributed by atoms with van der Waals surface area (Å²) in [6.45, 7) is 11.0. The number of carbonyl (C=O) groups is 1. The van der Waals surface area contributed by atoms with Crippen molar-refractivity contribution in [2.24, 2.45) is 5.92 Å². The second-order valence-electron chi connectivity index (χ2n) is 7.56. The Balaban J connectivity index is 0.00000243. The maximum Gasteiger partial charge on any atom is 0.227 e. The van der Waals surface area contributed by atoms with Gasteiger partial charge in [0.2, 0.25) is 5.91 Å². The Hall–Kier alpha value is -1.77. The van der Waals surface area contributed by atoms with Gasteiger partial charge in [0.1, 0.15) is 0 Å². The van der Waals surface area contributed by atoms with Crippen LogP contribution in [0.25, 0.3) is 0 Å². The van der Waals surface area contributed by atoms with Crippen molar-refractivity contribution in [3.05, 3.63) is 29.8 Å². The van der Waals surface area contributed by atoms with Gasteiger partial charge in [0, 0.05) is 50.5 Å². The fourth-order valence-electron chi connectivity index (χ4n) is 4.14. The molecule has 26 heavy (non-hydrogen) atoms. The molecule has 0 N–H and O–H groups in total. The van der Waals surface area contributed by atoms with E-state index in [2.05, 4.69) is 41.5 Å². The normalized spacial score (nSPS) is 23.7. The summed E-state index contributed by atoms with van der Waals surface area (Å²) < 4.78 is 0. The van der Waals surface area contributed by atoms with E-state index in [1.54, 1.807) is 0 Å². The van der Waals surface area contributed by atoms with E-state index >= 15 is 0 Å². The van der Waals surface area contributed by atoms with E-state index < -0.39 is 0 Å². The van der Waals surface area contributed by atoms with E-state index in [4.69, 9.17) is 5.26 Å². The minimum Gasteiger partial charge on any atom is -0.371 e. The second kappa shape index (κ2) is 8.75. The van der Waals surface area contributed by atoms with Gasteiger partial charge in [-0.2, -0.15) is 5.26 Å². The highest BCUT2D eigenvalue weighted by Gasteiger charge is 2.35. The number of nitrogens with zero attached hydrogens (tertiary/aromatic N) is 4. The maximum atomic E-state index is 12.9. The van der Waals surface area contributed by atoms with Crippen molar-refractivity contribution in [3.8, 4) is 6.07 Å². The molecule has 0 spiro atoms. The van der Waals surface area contributed by atoms with E-state index in [-0.39, 0.29) is 18.3 Å². The molecule has 1 aromatic carbocycles. The molecule has 1 amide bonds. The molecule has 5 nitrogen and oxygen atoms in total. The molecule has 2 heterocycles. The molecule has 0 aliphatic carbocycles. The van der Waals surface area contributed by atoms with Gasteiger partial charge in [-0.3, -0.25) is 9.69 Å². The molecule has 2 aliphatic rings. The number of nitriles is 1. The van der Waals surface area contributed by atoms with Crippen molar-refractivity contribution >= 4 is 24.0 Å². The first-order valence-electron chi connectivity index (χ1n) is 9.29. The first-order chi connectivity index (χ1) is 12.0. The number of hydrogen-bond donors (Lipinski definition) is 0. The van der Waals surface area contributed by atoms with Crippen molar-refractivity contribution in [1.82, 2.24) is 9.80 Å². The van der Waals surface area contributed by atoms with E-state index in [9.17, 15) is 4.79 Å². The fourth-order valence-corrected chi connectivity index (χ4v) is 4.14. The lowest BCUT2D eigenvalue weighted by Gasteiger charge is -2.42. The van der Waals surface area contributed by atoms with Gasteiger partial charge in [-0.1, -0.05) is 0 Å². The minimum absolute atomic E-state index is 0. The predicted octanol–water partition coefficient (Wildman–Crippen LogP) is 2.75. The van der Waals surface area contributed by atoms with E-state index in [1.807, 2.05) is 24.3 Å². The zero-order chi connectivity index (χ0) is 18.0. The van der Waals surface area contributed by atoms with E-state index in [0.717, 1.165) is 44.8 Å². The van der Waals surface area contributed by atoms with E-state index in [1.165, 1.54) is 0 Å². The van der Waals surface area contributed by atoms with Gasteiger partial charge >= 0.3 is 0 Å². The average Bonchev–Trinajstić information content (AvgIpc) is 3.10. The molecule has 2 fully saturated rings. The molecule has 2 unspecified atom stereocenters. The van der Waals surface area contributed by atoms with Crippen LogP contribution < -0.4 is 4.90 Å². The highest BCUT2D eigenvalue weighted by atomic mass is 35.5. The lowest BCUT2D eigenvalue weighted by molar-refractivity contribution is -0.138. The molecular weight excluding hydrogens is 348 g/mol. The SMILES string of the molecule is CC(C)N1CCN(C(=O)C2CCN(c3ccc(C#N)cc3)C2)CC1C.Cl. The zero-order valence-corrected chi connectivity index (χ0v) is 16.7. The Kier molecular flexibility index (Phi) is 6.91. The molecule has 3 rings (SSSR count). The zero-order valence-electron chi connectivity index (χ0n) is 15.9. The Morgan fingerprint density at radius 1 is 1.15 bits per heavy atom. The predicted molar refractivity (Wildman–Crippen MR) is 107 cm³/mol. The fraction of sp³-hybridized carbons (Fsp3) is 0.600. The van der Waals surface area contributed by atoms with Crippen LogP contribution in [0, 0.1) is 17.2 Å². The number of hydrogen-bond acceptors (Lipinski definition) is 4. The van der Waals surface area contributed by atoms with Crippen LogP contribution in [-0.2, 0) is 4.79 Å². The molecule has 1 aromatic rings. The summed E-state index contributed by atoms with van der Waals surface area (Å²) in [6, 6.07) is 10.8. The number of carbonyl (C=O) groups excluding carboxylic acids is 1. The third kappa shape index (κ3) is 4.31. The maximum absolute atomic E-state index is 12.9. The molecular formula is C20H29ClN4O. The average molecular weight is 377 g/mol. The van der Waals surface area contributed by atoms with Crippen molar-refractivity contribution in [2.45, 2.75) is 39.3 Å². The molecule has 0 saturated carbocycles. The van der Waals surface area contributed by atoms with Crippen LogP contribution in [0.1, 0.15) is 32.8 Å². The Morgan fingerprint density at radius 2 is 1.85 bits per heavy atom. The van der Waals surface area contributed by atoms with E-state index in [0.29, 0.717) is 23.6 Å². The van der Waals surface area contributed by atoms with Gasteiger partial charge in [-0.25, -0.2) is 0 Å². The Bertz CT molecular complexity index is 655. The van der Waals surface area contributed by atoms with Crippen molar-refractivity contribution in [2.75, 3.05) is 37.6 Å². The summed E-state index contributed by atoms with van der Waals surface area (Å²) in [5.41, 5.74) is 1.78. The highest BCUT2D eigenvalue weighted by Crippen LogP contribution is 2.26. The van der Waals surface area contributed by atoms with Gasteiger partial charge in [0.05, 0.1) is 17.6 Å². The smallest absolute Gasteiger partial charge is 0.227 e. The quantitative estimate of drug-likeness (QED) is 0.813. The number of piperazine rings is 1. The number of amides is 1. The molecule has 2 saturated heterocycles. The molecule has 0 aromatic heterocycles. The minimum atomic E-state index is 0. The summed E-state index contributed by atoms with van der Waals surface area (Å²) in [6.07, 6.45) is 0.914. The third-order valence-corrected chi connectivity index (χ3v) is 5.55. The standard InChI is InChI=1S/C20H28N4O.ClH/c1-15(2)24-11-10-23(13-16(24)3)20(25)18-8-9-22(14-18)19-6-4-17(12-21)5-7-19;/h4-7,15-16,18H,8-11,13-14H2,1-3H3;1H. The monoisotopic (exact) mass is 376 g/mol. The van der Waals surface area contributed by atoms with Crippen molar-refractivity contribution < 1.29 is 4.79 Å².